The molecular weight excluding hydrogens is 175 g/mol. The smallest absolute Gasteiger partial charge is 0.0414 e. The minimum absolute atomic E-state index is 0.222. The molecule has 0 aliphatic carbocycles. The lowest BCUT2D eigenvalue weighted by molar-refractivity contribution is -0.479. The van der Waals surface area contributed by atoms with Crippen LogP contribution < -0.4 is 20.2 Å². The third kappa shape index (κ3) is 34.5. The predicted molar refractivity (Wildman–Crippen MR) is 39.5 cm³/mol. The number of carboxylic acids is 1. The number of rotatable bonds is 5. The Morgan fingerprint density at radius 1 is 1.15 bits per heavy atom. The molecule has 0 radical (unpaired) electrons. The largest absolute Gasteiger partial charge is 0.907 e. The Kier molecular flexibility index (Phi) is 13.1. The third-order valence-corrected chi connectivity index (χ3v) is 1.23. The Bertz CT molecular complexity index is 115. The summed E-state index contributed by atoms with van der Waals surface area (Å²) in [7, 11) is -2.92. The molecule has 0 saturated carbocycles. The molecule has 5 nitrogen and oxygen atoms in total. The zero-order valence-electron chi connectivity index (χ0n) is 7.65. The summed E-state index contributed by atoms with van der Waals surface area (Å²) in [4.78, 5) is 9.85. The Hall–Kier alpha value is -0.585. The lowest BCUT2D eigenvalue weighted by atomic mass is 10.2. The normalized spacial score (nSPS) is 8.62. The Morgan fingerprint density at radius 3 is 1.92 bits per heavy atom. The maximum Gasteiger partial charge on any atom is 0.0414 e. The van der Waals surface area contributed by atoms with Gasteiger partial charge >= 0.3 is 0 Å². The van der Waals surface area contributed by atoms with E-state index in [1.807, 2.05) is 0 Å². The molecule has 13 heavy (non-hydrogen) atoms. The molecule has 0 spiro atoms. The molecule has 0 aliphatic heterocycles. The molecule has 0 aromatic carbocycles. The molecule has 0 heterocycles. The van der Waals surface area contributed by atoms with E-state index in [-0.39, 0.29) is 6.42 Å². The van der Waals surface area contributed by atoms with Crippen LogP contribution in [-0.4, -0.2) is 13.3 Å². The van der Waals surface area contributed by atoms with Crippen molar-refractivity contribution >= 4 is 13.3 Å². The molecule has 0 atom stereocenters. The molecule has 0 amide bonds. The highest BCUT2D eigenvalue weighted by Gasteiger charge is 1.86. The number of hydrogen-bond acceptors (Lipinski definition) is 5. The van der Waals surface area contributed by atoms with E-state index in [2.05, 4.69) is 6.92 Å². The van der Waals surface area contributed by atoms with Crippen molar-refractivity contribution in [2.24, 2.45) is 0 Å². The minimum atomic E-state index is -2.92. The fourth-order valence-corrected chi connectivity index (χ4v) is 0.696. The third-order valence-electron chi connectivity index (χ3n) is 1.23. The highest BCUT2D eigenvalue weighted by Crippen LogP contribution is 2.00. The van der Waals surface area contributed by atoms with Gasteiger partial charge in [0.05, 0.1) is 0 Å². The second kappa shape index (κ2) is 11.4. The zero-order valence-corrected chi connectivity index (χ0v) is 7.65. The molecule has 0 N–H and O–H groups in total. The van der Waals surface area contributed by atoms with Gasteiger partial charge in [0.1, 0.15) is 0 Å². The summed E-state index contributed by atoms with van der Waals surface area (Å²) in [5, 5.41) is 35.1. The van der Waals surface area contributed by atoms with Crippen molar-refractivity contribution in [1.29, 1.82) is 0 Å². The number of carbonyl (C=O) groups excluding carboxylic acids is 1. The van der Waals surface area contributed by atoms with E-state index in [9.17, 15) is 9.90 Å². The van der Waals surface area contributed by atoms with Crippen molar-refractivity contribution in [3.05, 3.63) is 0 Å². The Morgan fingerprint density at radius 2 is 1.62 bits per heavy atom. The van der Waals surface area contributed by atoms with Gasteiger partial charge < -0.3 is 25.0 Å². The maximum absolute atomic E-state index is 9.85. The molecule has 0 aromatic heterocycles. The van der Waals surface area contributed by atoms with E-state index in [0.717, 1.165) is 25.7 Å². The molecule has 0 saturated heterocycles. The molecule has 0 unspecified atom stereocenters. The van der Waals surface area contributed by atoms with Crippen LogP contribution in [-0.2, 0) is 4.79 Å². The summed E-state index contributed by atoms with van der Waals surface area (Å²) in [6.45, 7) is 2.10. The lowest BCUT2D eigenvalue weighted by Crippen LogP contribution is -2.56. The number of hydrogen-bond donors (Lipinski definition) is 0. The van der Waals surface area contributed by atoms with Crippen molar-refractivity contribution in [1.82, 2.24) is 0 Å². The topological polar surface area (TPSA) is 109 Å². The van der Waals surface area contributed by atoms with E-state index >= 15 is 0 Å². The average molecular weight is 188 g/mol. The second-order valence-corrected chi connectivity index (χ2v) is 2.47. The standard InChI is InChI=1S/C7H14O2.BO3/c1-2-3-4-5-6-7(8)9;2-1(3)4/h2-6H2,1H3,(H,8,9);/q;-3/p-1. The van der Waals surface area contributed by atoms with Crippen LogP contribution in [0.4, 0.5) is 0 Å². The van der Waals surface area contributed by atoms with E-state index in [0.29, 0.717) is 0 Å². The van der Waals surface area contributed by atoms with Crippen LogP contribution >= 0.6 is 0 Å². The maximum atomic E-state index is 9.85. The first kappa shape index (κ1) is 14.9. The average Bonchev–Trinajstić information content (AvgIpc) is 1.97. The van der Waals surface area contributed by atoms with Crippen LogP contribution in [0.2, 0.25) is 0 Å². The van der Waals surface area contributed by atoms with Crippen LogP contribution in [0.15, 0.2) is 0 Å². The Balaban J connectivity index is 0. The summed E-state index contributed by atoms with van der Waals surface area (Å²) in [5.74, 6) is -0.925. The van der Waals surface area contributed by atoms with Gasteiger partial charge in [0, 0.05) is 5.97 Å². The monoisotopic (exact) mass is 188 g/mol. The summed E-state index contributed by atoms with van der Waals surface area (Å²) < 4.78 is 0. The van der Waals surface area contributed by atoms with Crippen molar-refractivity contribution in [2.75, 3.05) is 0 Å². The van der Waals surface area contributed by atoms with Gasteiger partial charge in [-0.15, -0.1) is 0 Å². The molecule has 0 aliphatic rings. The zero-order chi connectivity index (χ0) is 10.7. The van der Waals surface area contributed by atoms with Crippen LogP contribution in [0.25, 0.3) is 0 Å². The molecule has 0 bridgehead atoms. The van der Waals surface area contributed by atoms with Gasteiger partial charge in [-0.2, -0.15) is 0 Å². The van der Waals surface area contributed by atoms with Crippen LogP contribution in [0, 0.1) is 0 Å². The predicted octanol–water partition coefficient (Wildman–Crippen LogP) is -3.24. The summed E-state index contributed by atoms with van der Waals surface area (Å²) in [6, 6.07) is 0. The van der Waals surface area contributed by atoms with Gasteiger partial charge in [-0.25, -0.2) is 0 Å². The lowest BCUT2D eigenvalue weighted by Gasteiger charge is -2.35. The van der Waals surface area contributed by atoms with Gasteiger partial charge in [0.25, 0.3) is 0 Å². The van der Waals surface area contributed by atoms with Crippen LogP contribution in [0.3, 0.4) is 0 Å². The summed E-state index contributed by atoms with van der Waals surface area (Å²) >= 11 is 0. The van der Waals surface area contributed by atoms with E-state index in [4.69, 9.17) is 15.1 Å². The number of carbonyl (C=O) groups is 1. The fraction of sp³-hybridized carbons (Fsp3) is 0.857. The quantitative estimate of drug-likeness (QED) is 0.332. The van der Waals surface area contributed by atoms with Crippen molar-refractivity contribution in [3.63, 3.8) is 0 Å². The SMILES string of the molecule is CCCCCCC(=O)[O-].[O-]B([O-])[O-]. The molecule has 6 heteroatoms. The van der Waals surface area contributed by atoms with Gasteiger partial charge in [-0.1, -0.05) is 26.2 Å². The van der Waals surface area contributed by atoms with E-state index in [1.54, 1.807) is 0 Å². The molecular formula is C7H13BO5-4. The first-order chi connectivity index (χ1) is 6.00. The Labute approximate surface area is 78.2 Å². The summed E-state index contributed by atoms with van der Waals surface area (Å²) in [6.07, 6.45) is 4.29. The number of aliphatic carboxylic acids is 1. The van der Waals surface area contributed by atoms with Gasteiger partial charge in [-0.05, 0) is 12.8 Å². The molecule has 0 rings (SSSR count). The number of unbranched alkanes of at least 4 members (excludes halogenated alkanes) is 3. The second-order valence-electron chi connectivity index (χ2n) is 2.47. The molecule has 78 valence electrons. The van der Waals surface area contributed by atoms with Gasteiger partial charge in [-0.3, -0.25) is 7.32 Å². The number of carboxylic acid groups (broad SMARTS) is 1. The first-order valence-corrected chi connectivity index (χ1v) is 4.18. The van der Waals surface area contributed by atoms with Crippen LogP contribution in [0.5, 0.6) is 0 Å². The molecule has 0 fully saturated rings. The van der Waals surface area contributed by atoms with Crippen molar-refractivity contribution in [2.45, 2.75) is 39.0 Å². The fourth-order valence-electron chi connectivity index (χ4n) is 0.696. The van der Waals surface area contributed by atoms with Gasteiger partial charge in [0.2, 0.25) is 0 Å². The van der Waals surface area contributed by atoms with Crippen molar-refractivity contribution in [3.8, 4) is 0 Å². The highest BCUT2D eigenvalue weighted by molar-refractivity contribution is 6.24. The first-order valence-electron chi connectivity index (χ1n) is 4.18. The minimum Gasteiger partial charge on any atom is -0.907 e. The van der Waals surface area contributed by atoms with E-state index in [1.165, 1.54) is 0 Å². The summed E-state index contributed by atoms with van der Waals surface area (Å²) in [5.41, 5.74) is 0. The molecule has 0 aromatic rings. The van der Waals surface area contributed by atoms with Crippen LogP contribution in [0.1, 0.15) is 39.0 Å². The van der Waals surface area contributed by atoms with E-state index < -0.39 is 13.3 Å². The van der Waals surface area contributed by atoms with Gasteiger partial charge in [0.15, 0.2) is 0 Å². The van der Waals surface area contributed by atoms with Crippen molar-refractivity contribution < 1.29 is 25.0 Å². The highest BCUT2D eigenvalue weighted by atomic mass is 16.5.